The maximum Gasteiger partial charge on any atom is 0.341 e. The Morgan fingerprint density at radius 1 is 1.32 bits per heavy atom. The summed E-state index contributed by atoms with van der Waals surface area (Å²) in [6, 6.07) is 1.26. The summed E-state index contributed by atoms with van der Waals surface area (Å²) in [6.45, 7) is 1.19. The lowest BCUT2D eigenvalue weighted by Crippen LogP contribution is -2.49. The summed E-state index contributed by atoms with van der Waals surface area (Å²) in [7, 11) is 1.46. The van der Waals surface area contributed by atoms with Gasteiger partial charge in [-0.05, 0) is 37.7 Å². The number of aromatic carboxylic acids is 1. The van der Waals surface area contributed by atoms with E-state index in [0.29, 0.717) is 30.2 Å². The van der Waals surface area contributed by atoms with E-state index in [2.05, 4.69) is 0 Å². The zero-order valence-electron chi connectivity index (χ0n) is 17.4. The molecule has 3 fully saturated rings. The number of hydrogen-bond donors (Lipinski definition) is 2. The molecular formula is C22H27ClFN3O4. The number of rotatable bonds is 4. The van der Waals surface area contributed by atoms with Gasteiger partial charge < -0.3 is 25.0 Å². The maximum atomic E-state index is 15.4. The average Bonchev–Trinajstić information content (AvgIpc) is 3.48. The number of methoxy groups -OCH3 is 1. The van der Waals surface area contributed by atoms with Crippen LogP contribution >= 0.6 is 12.4 Å². The topological polar surface area (TPSA) is 97.8 Å². The van der Waals surface area contributed by atoms with Gasteiger partial charge in [0.25, 0.3) is 0 Å². The molecule has 2 aromatic rings. The van der Waals surface area contributed by atoms with Crippen molar-refractivity contribution in [3.8, 4) is 5.75 Å². The van der Waals surface area contributed by atoms with Crippen LogP contribution in [0.2, 0.25) is 0 Å². The Morgan fingerprint density at radius 3 is 2.68 bits per heavy atom. The molecule has 1 aromatic carbocycles. The lowest BCUT2D eigenvalue weighted by molar-refractivity contribution is 0.0695. The van der Waals surface area contributed by atoms with E-state index in [0.717, 1.165) is 38.5 Å². The van der Waals surface area contributed by atoms with Crippen LogP contribution in [0.25, 0.3) is 10.9 Å². The summed E-state index contributed by atoms with van der Waals surface area (Å²) in [4.78, 5) is 26.4. The molecule has 168 valence electrons. The second-order valence-electron chi connectivity index (χ2n) is 9.01. The second kappa shape index (κ2) is 7.67. The van der Waals surface area contributed by atoms with Crippen LogP contribution in [-0.4, -0.2) is 41.4 Å². The Kier molecular flexibility index (Phi) is 5.42. The number of aromatic nitrogens is 1. The zero-order chi connectivity index (χ0) is 21.2. The predicted molar refractivity (Wildman–Crippen MR) is 118 cm³/mol. The van der Waals surface area contributed by atoms with Crippen molar-refractivity contribution in [1.82, 2.24) is 4.57 Å². The summed E-state index contributed by atoms with van der Waals surface area (Å²) < 4.78 is 22.9. The van der Waals surface area contributed by atoms with Crippen molar-refractivity contribution in [3.63, 3.8) is 0 Å². The van der Waals surface area contributed by atoms with E-state index in [1.807, 2.05) is 4.90 Å². The van der Waals surface area contributed by atoms with E-state index < -0.39 is 17.2 Å². The number of hydrogen-bond acceptors (Lipinski definition) is 5. The van der Waals surface area contributed by atoms with E-state index in [1.165, 1.54) is 19.4 Å². The van der Waals surface area contributed by atoms with Gasteiger partial charge in [-0.1, -0.05) is 12.8 Å². The van der Waals surface area contributed by atoms with Crippen molar-refractivity contribution in [2.75, 3.05) is 25.1 Å². The molecule has 1 aromatic heterocycles. The monoisotopic (exact) mass is 451 g/mol. The number of carbonyl (C=O) groups is 1. The van der Waals surface area contributed by atoms with Crippen molar-refractivity contribution in [3.05, 3.63) is 33.9 Å². The predicted octanol–water partition coefficient (Wildman–Crippen LogP) is 3.31. The Hall–Kier alpha value is -2.32. The smallest absolute Gasteiger partial charge is 0.341 e. The van der Waals surface area contributed by atoms with Crippen LogP contribution in [0, 0.1) is 11.7 Å². The molecule has 31 heavy (non-hydrogen) atoms. The van der Waals surface area contributed by atoms with Crippen LogP contribution in [0.3, 0.4) is 0 Å². The van der Waals surface area contributed by atoms with Gasteiger partial charge in [0.15, 0.2) is 11.6 Å². The Morgan fingerprint density at radius 2 is 2.06 bits per heavy atom. The van der Waals surface area contributed by atoms with Gasteiger partial charge in [-0.3, -0.25) is 4.79 Å². The summed E-state index contributed by atoms with van der Waals surface area (Å²) in [6.07, 6.45) is 7.29. The molecule has 7 nitrogen and oxygen atoms in total. The van der Waals surface area contributed by atoms with Crippen LogP contribution in [0.15, 0.2) is 17.1 Å². The number of nitrogens with zero attached hydrogens (tertiary/aromatic N) is 2. The molecule has 3 aliphatic rings. The van der Waals surface area contributed by atoms with Gasteiger partial charge in [-0.15, -0.1) is 12.4 Å². The van der Waals surface area contributed by atoms with E-state index in [9.17, 15) is 14.7 Å². The van der Waals surface area contributed by atoms with E-state index in [-0.39, 0.29) is 40.7 Å². The van der Waals surface area contributed by atoms with E-state index >= 15 is 4.39 Å². The number of carboxylic acid groups (broad SMARTS) is 1. The number of anilines is 1. The molecule has 0 amide bonds. The van der Waals surface area contributed by atoms with Crippen LogP contribution in [0.1, 0.15) is 54.9 Å². The lowest BCUT2D eigenvalue weighted by Gasteiger charge is -2.34. The summed E-state index contributed by atoms with van der Waals surface area (Å²) in [5, 5.41) is 9.50. The zero-order valence-corrected chi connectivity index (χ0v) is 18.2. The van der Waals surface area contributed by atoms with Crippen molar-refractivity contribution in [1.29, 1.82) is 0 Å². The summed E-state index contributed by atoms with van der Waals surface area (Å²) in [5.74, 6) is -1.31. The van der Waals surface area contributed by atoms with Crippen molar-refractivity contribution in [2.24, 2.45) is 11.7 Å². The molecule has 9 heteroatoms. The first-order valence-electron chi connectivity index (χ1n) is 10.6. The highest BCUT2D eigenvalue weighted by atomic mass is 35.5. The van der Waals surface area contributed by atoms with Gasteiger partial charge in [-0.2, -0.15) is 0 Å². The average molecular weight is 452 g/mol. The van der Waals surface area contributed by atoms with E-state index in [4.69, 9.17) is 10.5 Å². The maximum absolute atomic E-state index is 15.4. The quantitative estimate of drug-likeness (QED) is 0.740. The third-order valence-corrected chi connectivity index (χ3v) is 7.07. The molecule has 5 rings (SSSR count). The highest BCUT2D eigenvalue weighted by Gasteiger charge is 2.46. The van der Waals surface area contributed by atoms with Crippen molar-refractivity contribution in [2.45, 2.75) is 50.1 Å². The van der Waals surface area contributed by atoms with Gasteiger partial charge in [0.05, 0.1) is 18.0 Å². The van der Waals surface area contributed by atoms with Crippen LogP contribution in [0.4, 0.5) is 10.1 Å². The number of pyridine rings is 1. The number of benzene rings is 1. The lowest BCUT2D eigenvalue weighted by atomic mass is 9.76. The fraction of sp³-hybridized carbons (Fsp3) is 0.545. The fourth-order valence-electron chi connectivity index (χ4n) is 5.40. The molecule has 1 saturated heterocycles. The molecule has 0 bridgehead atoms. The largest absolute Gasteiger partial charge is 0.492 e. The normalized spacial score (nSPS) is 25.3. The first-order valence-corrected chi connectivity index (χ1v) is 10.6. The van der Waals surface area contributed by atoms with Gasteiger partial charge >= 0.3 is 5.97 Å². The highest BCUT2D eigenvalue weighted by Crippen LogP contribution is 2.47. The number of nitrogens with two attached hydrogens (primary N) is 1. The van der Waals surface area contributed by atoms with Gasteiger partial charge in [-0.25, -0.2) is 9.18 Å². The third-order valence-electron chi connectivity index (χ3n) is 7.07. The molecule has 0 spiro atoms. The minimum absolute atomic E-state index is 0. The Labute approximate surface area is 185 Å². The third kappa shape index (κ3) is 3.36. The fourth-order valence-corrected chi connectivity index (χ4v) is 5.40. The molecule has 2 aliphatic carbocycles. The van der Waals surface area contributed by atoms with Crippen LogP contribution in [-0.2, 0) is 0 Å². The molecule has 2 unspecified atom stereocenters. The minimum Gasteiger partial charge on any atom is -0.492 e. The van der Waals surface area contributed by atoms with Crippen molar-refractivity contribution >= 4 is 35.0 Å². The van der Waals surface area contributed by atoms with Gasteiger partial charge in [0.2, 0.25) is 5.43 Å². The van der Waals surface area contributed by atoms with Crippen LogP contribution < -0.4 is 20.8 Å². The molecule has 2 saturated carbocycles. The number of carboxylic acids is 1. The first kappa shape index (κ1) is 21.9. The van der Waals surface area contributed by atoms with Gasteiger partial charge in [0, 0.05) is 30.9 Å². The number of fused-ring (bicyclic) bond motifs is 2. The Bertz CT molecular complexity index is 1120. The molecule has 0 radical (unpaired) electrons. The van der Waals surface area contributed by atoms with Gasteiger partial charge in [0.1, 0.15) is 11.3 Å². The molecule has 3 N–H and O–H groups in total. The van der Waals surface area contributed by atoms with E-state index in [1.54, 1.807) is 4.57 Å². The molecule has 1 aliphatic heterocycles. The first-order chi connectivity index (χ1) is 14.3. The SMILES string of the molecule is COc1c(N2CC3CCCCC3(N)C2)c(F)cc2c(=O)c(C(=O)O)cn(C3CC3)c12.Cl. The standard InChI is InChI=1S/C22H26FN3O4.ClH/c1-30-20-17-14(19(27)15(21(28)29)10-26(17)13-5-6-13)8-16(23)18(20)25-9-12-4-2-3-7-22(12,24)11-25;/h8,10,12-13H,2-7,9,11,24H2,1H3,(H,28,29);1H. The number of halogens is 2. The van der Waals surface area contributed by atoms with Crippen LogP contribution in [0.5, 0.6) is 5.75 Å². The summed E-state index contributed by atoms with van der Waals surface area (Å²) in [5.41, 5.74) is 6.09. The highest BCUT2D eigenvalue weighted by molar-refractivity contribution is 5.97. The van der Waals surface area contributed by atoms with Crippen molar-refractivity contribution < 1.29 is 19.0 Å². The summed E-state index contributed by atoms with van der Waals surface area (Å²) >= 11 is 0. The second-order valence-corrected chi connectivity index (χ2v) is 9.01. The minimum atomic E-state index is -1.31. The molecule has 2 atom stereocenters. The molecule has 2 heterocycles. The Balaban J connectivity index is 0.00000231. The molecular weight excluding hydrogens is 425 g/mol. The number of ether oxygens (including phenoxy) is 1.